The summed E-state index contributed by atoms with van der Waals surface area (Å²) in [6.45, 7) is 5.46. The van der Waals surface area contributed by atoms with Crippen LogP contribution >= 0.6 is 11.6 Å². The minimum atomic E-state index is -0.502. The zero-order valence-corrected chi connectivity index (χ0v) is 13.0. The summed E-state index contributed by atoms with van der Waals surface area (Å²) < 4.78 is 10.9. The van der Waals surface area contributed by atoms with E-state index in [1.807, 2.05) is 20.8 Å². The molecule has 21 heavy (non-hydrogen) atoms. The van der Waals surface area contributed by atoms with E-state index in [2.05, 4.69) is 15.5 Å². The molecule has 0 spiro atoms. The molecule has 1 aromatic rings. The smallest absolute Gasteiger partial charge is 0.407 e. The maximum absolute atomic E-state index is 11.6. The molecule has 1 aliphatic carbocycles. The third-order valence-electron chi connectivity index (χ3n) is 2.87. The molecule has 0 bridgehead atoms. The quantitative estimate of drug-likeness (QED) is 0.886. The Labute approximate surface area is 128 Å². The predicted octanol–water partition coefficient (Wildman–Crippen LogP) is 2.15. The van der Waals surface area contributed by atoms with Crippen LogP contribution in [0, 0.1) is 0 Å². The molecular formula is C13H19ClN4O3. The number of hydrogen-bond donors (Lipinski definition) is 2. The number of nitrogen functional groups attached to an aromatic ring is 1. The van der Waals surface area contributed by atoms with Crippen LogP contribution in [0.1, 0.15) is 33.6 Å². The van der Waals surface area contributed by atoms with Gasteiger partial charge in [0.1, 0.15) is 11.7 Å². The fraction of sp³-hybridized carbons (Fsp3) is 0.615. The average molecular weight is 315 g/mol. The van der Waals surface area contributed by atoms with Gasteiger partial charge in [-0.05, 0) is 20.8 Å². The molecule has 0 aliphatic heterocycles. The van der Waals surface area contributed by atoms with Gasteiger partial charge in [0.2, 0.25) is 0 Å². The van der Waals surface area contributed by atoms with Gasteiger partial charge in [0.15, 0.2) is 16.7 Å². The lowest BCUT2D eigenvalue weighted by molar-refractivity contribution is 0.0363. The number of hydrogen-bond acceptors (Lipinski definition) is 6. The van der Waals surface area contributed by atoms with Crippen LogP contribution in [0.5, 0.6) is 5.75 Å². The topological polar surface area (TPSA) is 99.4 Å². The summed E-state index contributed by atoms with van der Waals surface area (Å²) >= 11 is 5.74. The number of amides is 1. The Bertz CT molecular complexity index is 527. The molecule has 0 unspecified atom stereocenters. The SMILES string of the molecule is CC(C)(C)OC(=O)NC1CC(Oc2cc(Cl)nnc2N)C1. The van der Waals surface area contributed by atoms with E-state index >= 15 is 0 Å². The number of anilines is 1. The Hall–Kier alpha value is -1.76. The molecule has 2 rings (SSSR count). The predicted molar refractivity (Wildman–Crippen MR) is 78.3 cm³/mol. The third kappa shape index (κ3) is 4.63. The van der Waals surface area contributed by atoms with Crippen LogP contribution in [0.15, 0.2) is 6.07 Å². The van der Waals surface area contributed by atoms with E-state index in [-0.39, 0.29) is 23.1 Å². The van der Waals surface area contributed by atoms with Crippen LogP contribution in [0.3, 0.4) is 0 Å². The molecule has 1 heterocycles. The molecular weight excluding hydrogens is 296 g/mol. The fourth-order valence-electron chi connectivity index (χ4n) is 1.89. The van der Waals surface area contributed by atoms with Crippen molar-refractivity contribution in [1.82, 2.24) is 15.5 Å². The lowest BCUT2D eigenvalue weighted by Gasteiger charge is -2.36. The molecule has 1 fully saturated rings. The van der Waals surface area contributed by atoms with Crippen molar-refractivity contribution in [1.29, 1.82) is 0 Å². The molecule has 1 saturated carbocycles. The van der Waals surface area contributed by atoms with Gasteiger partial charge in [-0.1, -0.05) is 11.6 Å². The second-order valence-corrected chi connectivity index (χ2v) is 6.36. The maximum atomic E-state index is 11.6. The van der Waals surface area contributed by atoms with Crippen molar-refractivity contribution in [3.63, 3.8) is 0 Å². The van der Waals surface area contributed by atoms with Gasteiger partial charge in [0.05, 0.1) is 0 Å². The zero-order chi connectivity index (χ0) is 15.6. The second kappa shape index (κ2) is 5.93. The molecule has 116 valence electrons. The summed E-state index contributed by atoms with van der Waals surface area (Å²) in [5.74, 6) is 0.610. The van der Waals surface area contributed by atoms with Gasteiger partial charge < -0.3 is 20.5 Å². The summed E-state index contributed by atoms with van der Waals surface area (Å²) in [6, 6.07) is 1.56. The number of halogens is 1. The second-order valence-electron chi connectivity index (χ2n) is 5.97. The highest BCUT2D eigenvalue weighted by molar-refractivity contribution is 6.29. The van der Waals surface area contributed by atoms with E-state index in [1.165, 1.54) is 6.07 Å². The first-order valence-corrected chi connectivity index (χ1v) is 7.05. The summed E-state index contributed by atoms with van der Waals surface area (Å²) in [4.78, 5) is 11.6. The van der Waals surface area contributed by atoms with Gasteiger partial charge in [-0.15, -0.1) is 10.2 Å². The highest BCUT2D eigenvalue weighted by atomic mass is 35.5. The number of aromatic nitrogens is 2. The summed E-state index contributed by atoms with van der Waals surface area (Å²) in [5, 5.41) is 10.3. The number of alkyl carbamates (subject to hydrolysis) is 1. The van der Waals surface area contributed by atoms with Gasteiger partial charge in [-0.25, -0.2) is 4.79 Å². The first kappa shape index (κ1) is 15.6. The van der Waals surface area contributed by atoms with E-state index in [9.17, 15) is 4.79 Å². The Morgan fingerprint density at radius 1 is 1.43 bits per heavy atom. The summed E-state index contributed by atoms with van der Waals surface area (Å²) in [6.07, 6.45) is 0.906. The number of rotatable bonds is 3. The normalized spacial score (nSPS) is 21.3. The fourth-order valence-corrected chi connectivity index (χ4v) is 2.03. The summed E-state index contributed by atoms with van der Waals surface area (Å²) in [5.41, 5.74) is 5.15. The largest absolute Gasteiger partial charge is 0.486 e. The molecule has 1 amide bonds. The number of nitrogens with zero attached hydrogens (tertiary/aromatic N) is 2. The Balaban J connectivity index is 1.77. The minimum absolute atomic E-state index is 0.0347. The molecule has 1 aromatic heterocycles. The van der Waals surface area contributed by atoms with Crippen LogP contribution in [0.4, 0.5) is 10.6 Å². The van der Waals surface area contributed by atoms with E-state index in [0.29, 0.717) is 18.6 Å². The monoisotopic (exact) mass is 314 g/mol. The highest BCUT2D eigenvalue weighted by Crippen LogP contribution is 2.29. The Morgan fingerprint density at radius 3 is 2.71 bits per heavy atom. The van der Waals surface area contributed by atoms with Gasteiger partial charge in [0.25, 0.3) is 0 Å². The van der Waals surface area contributed by atoms with E-state index < -0.39 is 11.7 Å². The molecule has 0 radical (unpaired) electrons. The highest BCUT2D eigenvalue weighted by Gasteiger charge is 2.33. The lowest BCUT2D eigenvalue weighted by atomic mass is 9.89. The Morgan fingerprint density at radius 2 is 2.10 bits per heavy atom. The Kier molecular flexibility index (Phi) is 4.41. The maximum Gasteiger partial charge on any atom is 0.407 e. The van der Waals surface area contributed by atoms with Crippen LogP contribution in [-0.2, 0) is 4.74 Å². The van der Waals surface area contributed by atoms with Gasteiger partial charge in [0, 0.05) is 24.9 Å². The van der Waals surface area contributed by atoms with Crippen LogP contribution in [0.2, 0.25) is 5.15 Å². The van der Waals surface area contributed by atoms with Gasteiger partial charge in [-0.3, -0.25) is 0 Å². The van der Waals surface area contributed by atoms with Crippen molar-refractivity contribution in [3.8, 4) is 5.75 Å². The van der Waals surface area contributed by atoms with E-state index in [1.54, 1.807) is 0 Å². The van der Waals surface area contributed by atoms with Gasteiger partial charge >= 0.3 is 6.09 Å². The first-order valence-electron chi connectivity index (χ1n) is 6.68. The van der Waals surface area contributed by atoms with Crippen LogP contribution in [0.25, 0.3) is 0 Å². The number of ether oxygens (including phenoxy) is 2. The molecule has 0 atom stereocenters. The van der Waals surface area contributed by atoms with Gasteiger partial charge in [-0.2, -0.15) is 0 Å². The number of nitrogens with one attached hydrogen (secondary N) is 1. The first-order chi connectivity index (χ1) is 9.73. The lowest BCUT2D eigenvalue weighted by Crippen LogP contribution is -2.50. The van der Waals surface area contributed by atoms with Crippen molar-refractivity contribution in [2.75, 3.05) is 5.73 Å². The van der Waals surface area contributed by atoms with E-state index in [0.717, 1.165) is 0 Å². The molecule has 7 nitrogen and oxygen atoms in total. The molecule has 1 aliphatic rings. The van der Waals surface area contributed by atoms with Crippen molar-refractivity contribution >= 4 is 23.5 Å². The van der Waals surface area contributed by atoms with Crippen molar-refractivity contribution < 1.29 is 14.3 Å². The molecule has 0 aromatic carbocycles. The average Bonchev–Trinajstić information content (AvgIpc) is 2.28. The third-order valence-corrected chi connectivity index (χ3v) is 3.05. The van der Waals surface area contributed by atoms with Crippen molar-refractivity contribution in [2.45, 2.75) is 51.4 Å². The number of nitrogens with two attached hydrogens (primary N) is 1. The zero-order valence-electron chi connectivity index (χ0n) is 12.2. The number of carbonyl (C=O) groups is 1. The van der Waals surface area contributed by atoms with Crippen LogP contribution < -0.4 is 15.8 Å². The standard InChI is InChI=1S/C13H19ClN4O3/c1-13(2,3)21-12(19)16-7-4-8(5-7)20-9-6-10(14)17-18-11(9)15/h6-8H,4-5H2,1-3H3,(H2,15,18)(H,16,19). The summed E-state index contributed by atoms with van der Waals surface area (Å²) in [7, 11) is 0. The van der Waals surface area contributed by atoms with Crippen LogP contribution in [-0.4, -0.2) is 34.0 Å². The van der Waals surface area contributed by atoms with Crippen molar-refractivity contribution in [3.05, 3.63) is 11.2 Å². The number of carbonyl (C=O) groups excluding carboxylic acids is 1. The molecule has 0 saturated heterocycles. The van der Waals surface area contributed by atoms with E-state index in [4.69, 9.17) is 26.8 Å². The van der Waals surface area contributed by atoms with Crippen molar-refractivity contribution in [2.24, 2.45) is 0 Å². The molecule has 8 heteroatoms. The molecule has 3 N–H and O–H groups in total. The minimum Gasteiger partial charge on any atom is -0.486 e.